The standard InChI is InChI=1S/C21H25B2N9O2/c1-24-13-8-17-26-12-6-10(7-14-18(12)28-30-31(14)2)21(22,23)34-16-5-3-4-11(16)27-20(33)15-9-25-19(13)32(15)29-17/h6-9,11,16,24H,3-5,22-23H2,1-2H3,(H,26,29)(H,27,33)/t11-,16+/m1/s1. The second kappa shape index (κ2) is 7.45. The number of hydrogen-bond acceptors (Lipinski definition) is 8. The maximum absolute atomic E-state index is 13.3. The van der Waals surface area contributed by atoms with Crippen LogP contribution in [0.25, 0.3) is 16.7 Å². The second-order valence-corrected chi connectivity index (χ2v) is 9.48. The van der Waals surface area contributed by atoms with Gasteiger partial charge >= 0.3 is 0 Å². The number of hydrogen-bond donors (Lipinski definition) is 3. The van der Waals surface area contributed by atoms with Crippen molar-refractivity contribution in [1.29, 1.82) is 0 Å². The number of ether oxygens (including phenoxy) is 1. The molecule has 34 heavy (non-hydrogen) atoms. The van der Waals surface area contributed by atoms with Gasteiger partial charge < -0.3 is 20.7 Å². The smallest absolute Gasteiger partial charge is 0.271 e. The molecule has 0 saturated heterocycles. The topological polar surface area (TPSA) is 123 Å². The van der Waals surface area contributed by atoms with Gasteiger partial charge in [0.1, 0.15) is 21.2 Å². The van der Waals surface area contributed by atoms with E-state index < -0.39 is 5.40 Å². The molecule has 2 atom stereocenters. The Balaban J connectivity index is 1.60. The Labute approximate surface area is 197 Å². The predicted octanol–water partition coefficient (Wildman–Crippen LogP) is -0.146. The number of nitrogens with zero attached hydrogens (tertiary/aromatic N) is 6. The van der Waals surface area contributed by atoms with Crippen LogP contribution in [0.1, 0.15) is 35.3 Å². The van der Waals surface area contributed by atoms with Gasteiger partial charge in [0.25, 0.3) is 5.91 Å². The normalized spacial score (nSPS) is 21.8. The fourth-order valence-electron chi connectivity index (χ4n) is 5.00. The van der Waals surface area contributed by atoms with Crippen LogP contribution >= 0.6 is 0 Å². The third-order valence-corrected chi connectivity index (χ3v) is 6.86. The molecule has 0 unspecified atom stereocenters. The molecule has 4 bridgehead atoms. The first kappa shape index (κ1) is 21.0. The zero-order valence-electron chi connectivity index (χ0n) is 19.6. The van der Waals surface area contributed by atoms with Gasteiger partial charge in [0.15, 0.2) is 17.2 Å². The maximum Gasteiger partial charge on any atom is 0.271 e. The van der Waals surface area contributed by atoms with Gasteiger partial charge in [-0.25, -0.2) is 14.2 Å². The monoisotopic (exact) mass is 457 g/mol. The Morgan fingerprint density at radius 1 is 1.26 bits per heavy atom. The van der Waals surface area contributed by atoms with Crippen molar-refractivity contribution < 1.29 is 9.53 Å². The van der Waals surface area contributed by atoms with E-state index in [9.17, 15) is 4.79 Å². The van der Waals surface area contributed by atoms with Crippen LogP contribution in [-0.4, -0.2) is 70.4 Å². The van der Waals surface area contributed by atoms with Gasteiger partial charge in [-0.15, -0.1) is 10.2 Å². The molecule has 6 rings (SSSR count). The first-order chi connectivity index (χ1) is 16.3. The summed E-state index contributed by atoms with van der Waals surface area (Å²) in [7, 11) is 7.81. The molecule has 3 aromatic heterocycles. The van der Waals surface area contributed by atoms with E-state index in [1.165, 1.54) is 0 Å². The number of benzene rings is 1. The Hall–Kier alpha value is -3.60. The van der Waals surface area contributed by atoms with Crippen molar-refractivity contribution >= 4 is 55.5 Å². The lowest BCUT2D eigenvalue weighted by Crippen LogP contribution is -2.46. The van der Waals surface area contributed by atoms with Gasteiger partial charge in [0.2, 0.25) is 0 Å². The van der Waals surface area contributed by atoms with E-state index in [0.717, 1.165) is 47.2 Å². The number of anilines is 3. The fraction of sp³-hybridized carbons (Fsp3) is 0.381. The SMILES string of the molecule is BC1(B)O[C@H]2CCC[C@H]2NC(=O)c2cnc3c(NC)cc(nn23)Nc2cc1cc1c2nnn1C. The summed E-state index contributed by atoms with van der Waals surface area (Å²) >= 11 is 0. The van der Waals surface area contributed by atoms with E-state index in [1.807, 2.05) is 26.2 Å². The van der Waals surface area contributed by atoms with Crippen molar-refractivity contribution in [2.75, 3.05) is 17.7 Å². The van der Waals surface area contributed by atoms with Crippen LogP contribution in [0.5, 0.6) is 0 Å². The van der Waals surface area contributed by atoms with Crippen LogP contribution in [0.2, 0.25) is 0 Å². The fourth-order valence-corrected chi connectivity index (χ4v) is 5.00. The summed E-state index contributed by atoms with van der Waals surface area (Å²) in [6.07, 6.45) is 4.19. The second-order valence-electron chi connectivity index (χ2n) is 9.48. The van der Waals surface area contributed by atoms with E-state index in [1.54, 1.807) is 15.4 Å². The summed E-state index contributed by atoms with van der Waals surface area (Å²) in [6.45, 7) is 0. The highest BCUT2D eigenvalue weighted by molar-refractivity contribution is 6.39. The summed E-state index contributed by atoms with van der Waals surface area (Å²) in [5.41, 5.74) is 5.05. The van der Waals surface area contributed by atoms with Gasteiger partial charge in [-0.3, -0.25) is 4.79 Å². The summed E-state index contributed by atoms with van der Waals surface area (Å²) in [5, 5.41) is 22.4. The number of carbonyl (C=O) groups excluding carboxylic acids is 1. The Morgan fingerprint density at radius 2 is 2.12 bits per heavy atom. The van der Waals surface area contributed by atoms with E-state index >= 15 is 0 Å². The number of aryl methyl sites for hydroxylation is 1. The molecule has 4 heterocycles. The molecule has 1 fully saturated rings. The minimum absolute atomic E-state index is 0.0908. The van der Waals surface area contributed by atoms with Crippen LogP contribution in [0.4, 0.5) is 17.2 Å². The van der Waals surface area contributed by atoms with Crippen molar-refractivity contribution in [2.45, 2.75) is 36.8 Å². The number of carbonyl (C=O) groups is 1. The van der Waals surface area contributed by atoms with Crippen LogP contribution in [0.15, 0.2) is 24.4 Å². The highest BCUT2D eigenvalue weighted by atomic mass is 16.5. The first-order valence-electron chi connectivity index (χ1n) is 11.5. The summed E-state index contributed by atoms with van der Waals surface area (Å²) in [4.78, 5) is 17.7. The van der Waals surface area contributed by atoms with Crippen molar-refractivity contribution in [2.24, 2.45) is 7.05 Å². The van der Waals surface area contributed by atoms with Crippen molar-refractivity contribution in [3.05, 3.63) is 35.7 Å². The number of aromatic nitrogens is 6. The molecule has 0 spiro atoms. The molecule has 1 aromatic carbocycles. The number of fused-ring (bicyclic) bond motifs is 6. The highest BCUT2D eigenvalue weighted by Crippen LogP contribution is 2.34. The lowest BCUT2D eigenvalue weighted by Gasteiger charge is -2.33. The summed E-state index contributed by atoms with van der Waals surface area (Å²) < 4.78 is 9.99. The number of imidazole rings is 1. The minimum Gasteiger partial charge on any atom is -0.385 e. The predicted molar refractivity (Wildman–Crippen MR) is 133 cm³/mol. The Morgan fingerprint density at radius 3 is 2.94 bits per heavy atom. The van der Waals surface area contributed by atoms with Crippen LogP contribution < -0.4 is 16.0 Å². The molecule has 3 N–H and O–H groups in total. The number of rotatable bonds is 1. The minimum atomic E-state index is -0.605. The molecule has 0 radical (unpaired) electrons. The van der Waals surface area contributed by atoms with Gasteiger partial charge in [0, 0.05) is 25.6 Å². The quantitative estimate of drug-likeness (QED) is 0.338. The van der Waals surface area contributed by atoms with Crippen molar-refractivity contribution in [3.63, 3.8) is 0 Å². The summed E-state index contributed by atoms with van der Waals surface area (Å²) in [5.74, 6) is 0.326. The molecule has 13 heteroatoms. The molecule has 11 nitrogen and oxygen atoms in total. The molecular weight excluding hydrogens is 432 g/mol. The number of nitrogens with one attached hydrogen (secondary N) is 3. The van der Waals surface area contributed by atoms with Crippen molar-refractivity contribution in [1.82, 2.24) is 34.9 Å². The molecule has 172 valence electrons. The summed E-state index contributed by atoms with van der Waals surface area (Å²) in [6, 6.07) is 5.88. The van der Waals surface area contributed by atoms with Crippen LogP contribution in [0, 0.1) is 0 Å². The van der Waals surface area contributed by atoms with E-state index in [0.29, 0.717) is 17.2 Å². The lowest BCUT2D eigenvalue weighted by molar-refractivity contribution is -0.00594. The zero-order chi connectivity index (χ0) is 23.6. The van der Waals surface area contributed by atoms with E-state index in [-0.39, 0.29) is 18.1 Å². The average Bonchev–Trinajstić information content (AvgIpc) is 3.52. The van der Waals surface area contributed by atoms with Crippen LogP contribution in [-0.2, 0) is 17.2 Å². The highest BCUT2D eigenvalue weighted by Gasteiger charge is 2.36. The van der Waals surface area contributed by atoms with Gasteiger partial charge in [-0.2, -0.15) is 0 Å². The first-order valence-corrected chi connectivity index (χ1v) is 11.5. The van der Waals surface area contributed by atoms with Crippen LogP contribution in [0.3, 0.4) is 0 Å². The zero-order valence-corrected chi connectivity index (χ0v) is 19.6. The van der Waals surface area contributed by atoms with Gasteiger partial charge in [0.05, 0.1) is 35.2 Å². The molecule has 1 saturated carbocycles. The Bertz CT molecular complexity index is 1450. The molecule has 2 aliphatic rings. The molecule has 1 amide bonds. The molecular formula is C21H25B2N9O2. The van der Waals surface area contributed by atoms with Crippen molar-refractivity contribution in [3.8, 4) is 0 Å². The Kier molecular flexibility index (Phi) is 4.60. The largest absolute Gasteiger partial charge is 0.385 e. The molecule has 1 aliphatic carbocycles. The molecule has 4 aromatic rings. The van der Waals surface area contributed by atoms with E-state index in [4.69, 9.17) is 9.84 Å². The molecule has 1 aliphatic heterocycles. The lowest BCUT2D eigenvalue weighted by atomic mass is 9.61. The third-order valence-electron chi connectivity index (χ3n) is 6.86. The third kappa shape index (κ3) is 3.22. The van der Waals surface area contributed by atoms with E-state index in [2.05, 4.69) is 53.0 Å². The average molecular weight is 457 g/mol. The van der Waals surface area contributed by atoms with Gasteiger partial charge in [-0.05, 0) is 37.0 Å². The maximum atomic E-state index is 13.3. The van der Waals surface area contributed by atoms with Gasteiger partial charge in [-0.1, -0.05) is 5.21 Å². The number of amides is 1.